The number of amides is 1. The third-order valence-electron chi connectivity index (χ3n) is 3.83. The van der Waals surface area contributed by atoms with Gasteiger partial charge in [0.2, 0.25) is 0 Å². The van der Waals surface area contributed by atoms with Gasteiger partial charge in [0.25, 0.3) is 5.91 Å². The zero-order chi connectivity index (χ0) is 15.4. The van der Waals surface area contributed by atoms with E-state index in [0.29, 0.717) is 17.9 Å². The highest BCUT2D eigenvalue weighted by Gasteiger charge is 2.16. The Morgan fingerprint density at radius 3 is 2.57 bits per heavy atom. The van der Waals surface area contributed by atoms with E-state index in [4.69, 9.17) is 10.2 Å². The van der Waals surface area contributed by atoms with E-state index in [0.717, 1.165) is 10.9 Å². The van der Waals surface area contributed by atoms with Gasteiger partial charge in [0, 0.05) is 15.8 Å². The number of rotatable bonds is 5. The number of hydrogen-bond acceptors (Lipinski definition) is 4. The second kappa shape index (κ2) is 8.43. The largest absolute Gasteiger partial charge is 0.467 e. The van der Waals surface area contributed by atoms with E-state index in [1.54, 1.807) is 6.07 Å². The number of anilines is 1. The molecule has 2 aromatic rings. The highest BCUT2D eigenvalue weighted by atomic mass is 35.5. The lowest BCUT2D eigenvalue weighted by molar-refractivity contribution is 0.102. The van der Waals surface area contributed by atoms with Gasteiger partial charge in [-0.1, -0.05) is 12.8 Å². The number of benzene rings is 1. The van der Waals surface area contributed by atoms with Crippen molar-refractivity contribution in [1.29, 1.82) is 0 Å². The molecule has 1 amide bonds. The van der Waals surface area contributed by atoms with Crippen LogP contribution in [0.1, 0.15) is 41.8 Å². The SMILES string of the molecule is Cl.NCc1cc(C(=O)Nc2ccc(SC3CCCC3)cc2)co1. The van der Waals surface area contributed by atoms with E-state index in [2.05, 4.69) is 17.4 Å². The molecule has 1 aliphatic rings. The van der Waals surface area contributed by atoms with Crippen LogP contribution in [-0.2, 0) is 6.54 Å². The van der Waals surface area contributed by atoms with Crippen LogP contribution in [-0.4, -0.2) is 11.2 Å². The Bertz CT molecular complexity index is 636. The number of hydrogen-bond donors (Lipinski definition) is 2. The van der Waals surface area contributed by atoms with Crippen LogP contribution in [0.5, 0.6) is 0 Å². The molecule has 6 heteroatoms. The van der Waals surface area contributed by atoms with Crippen molar-refractivity contribution in [1.82, 2.24) is 0 Å². The summed E-state index contributed by atoms with van der Waals surface area (Å²) in [7, 11) is 0. The smallest absolute Gasteiger partial charge is 0.258 e. The summed E-state index contributed by atoms with van der Waals surface area (Å²) in [5.41, 5.74) is 6.75. The molecule has 0 spiro atoms. The molecule has 23 heavy (non-hydrogen) atoms. The minimum atomic E-state index is -0.181. The lowest BCUT2D eigenvalue weighted by Crippen LogP contribution is -2.10. The lowest BCUT2D eigenvalue weighted by atomic mass is 10.2. The molecule has 1 saturated carbocycles. The third kappa shape index (κ3) is 4.77. The summed E-state index contributed by atoms with van der Waals surface area (Å²) in [6, 6.07) is 9.69. The minimum Gasteiger partial charge on any atom is -0.467 e. The van der Waals surface area contributed by atoms with Crippen molar-refractivity contribution in [2.45, 2.75) is 42.4 Å². The van der Waals surface area contributed by atoms with E-state index in [9.17, 15) is 4.79 Å². The van der Waals surface area contributed by atoms with Crippen molar-refractivity contribution in [3.8, 4) is 0 Å². The van der Waals surface area contributed by atoms with Crippen molar-refractivity contribution >= 4 is 35.8 Å². The van der Waals surface area contributed by atoms with Crippen LogP contribution in [0.3, 0.4) is 0 Å². The molecule has 1 fully saturated rings. The first-order valence-corrected chi connectivity index (χ1v) is 8.48. The summed E-state index contributed by atoms with van der Waals surface area (Å²) < 4.78 is 5.18. The van der Waals surface area contributed by atoms with Crippen molar-refractivity contribution in [3.63, 3.8) is 0 Å². The van der Waals surface area contributed by atoms with Crippen molar-refractivity contribution < 1.29 is 9.21 Å². The molecule has 0 atom stereocenters. The summed E-state index contributed by atoms with van der Waals surface area (Å²) >= 11 is 1.94. The number of carbonyl (C=O) groups is 1. The molecule has 1 aliphatic carbocycles. The van der Waals surface area contributed by atoms with Gasteiger partial charge in [-0.3, -0.25) is 4.79 Å². The number of thioether (sulfide) groups is 1. The highest BCUT2D eigenvalue weighted by Crippen LogP contribution is 2.34. The maximum absolute atomic E-state index is 12.1. The van der Waals surface area contributed by atoms with Crippen LogP contribution in [0.2, 0.25) is 0 Å². The average molecular weight is 353 g/mol. The van der Waals surface area contributed by atoms with Crippen LogP contribution in [0, 0.1) is 0 Å². The van der Waals surface area contributed by atoms with Gasteiger partial charge in [-0.25, -0.2) is 0 Å². The molecule has 1 aromatic carbocycles. The third-order valence-corrected chi connectivity index (χ3v) is 5.18. The molecular weight excluding hydrogens is 332 g/mol. The first-order chi connectivity index (χ1) is 10.7. The van der Waals surface area contributed by atoms with Crippen molar-refractivity contribution in [3.05, 3.63) is 47.9 Å². The fraction of sp³-hybridized carbons (Fsp3) is 0.353. The molecule has 0 aliphatic heterocycles. The van der Waals surface area contributed by atoms with Crippen LogP contribution < -0.4 is 11.1 Å². The predicted octanol–water partition coefficient (Wildman–Crippen LogP) is 4.45. The average Bonchev–Trinajstić information content (AvgIpc) is 3.20. The molecule has 0 radical (unpaired) electrons. The number of carbonyl (C=O) groups excluding carboxylic acids is 1. The normalized spacial score (nSPS) is 14.5. The molecule has 3 rings (SSSR count). The second-order valence-electron chi connectivity index (χ2n) is 5.51. The first kappa shape index (κ1) is 17.9. The van der Waals surface area contributed by atoms with Gasteiger partial charge >= 0.3 is 0 Å². The lowest BCUT2D eigenvalue weighted by Gasteiger charge is -2.09. The van der Waals surface area contributed by atoms with Gasteiger partial charge in [-0.15, -0.1) is 24.2 Å². The van der Waals surface area contributed by atoms with Gasteiger partial charge in [0.05, 0.1) is 12.1 Å². The molecule has 0 bridgehead atoms. The summed E-state index contributed by atoms with van der Waals surface area (Å²) in [5.74, 6) is 0.424. The number of furan rings is 1. The minimum absolute atomic E-state index is 0. The molecule has 124 valence electrons. The van der Waals surface area contributed by atoms with Crippen LogP contribution in [0.4, 0.5) is 5.69 Å². The number of nitrogens with two attached hydrogens (primary N) is 1. The Kier molecular flexibility index (Phi) is 6.57. The standard InChI is InChI=1S/C17H20N2O2S.ClH/c18-10-14-9-12(11-21-14)17(20)19-13-5-7-16(8-6-13)22-15-3-1-2-4-15;/h5-9,11,15H,1-4,10,18H2,(H,19,20);1H. The summed E-state index contributed by atoms with van der Waals surface area (Å²) in [6.07, 6.45) is 6.75. The maximum Gasteiger partial charge on any atom is 0.258 e. The van der Waals surface area contributed by atoms with E-state index >= 15 is 0 Å². The number of nitrogens with one attached hydrogen (secondary N) is 1. The van der Waals surface area contributed by atoms with Crippen molar-refractivity contribution in [2.75, 3.05) is 5.32 Å². The Balaban J connectivity index is 0.00000192. The Hall–Kier alpha value is -1.43. The van der Waals surface area contributed by atoms with Crippen LogP contribution in [0.25, 0.3) is 0 Å². The highest BCUT2D eigenvalue weighted by molar-refractivity contribution is 8.00. The molecule has 1 aromatic heterocycles. The summed E-state index contributed by atoms with van der Waals surface area (Å²) in [5, 5.41) is 3.62. The Labute approximate surface area is 146 Å². The fourth-order valence-electron chi connectivity index (χ4n) is 2.63. The zero-order valence-electron chi connectivity index (χ0n) is 12.8. The maximum atomic E-state index is 12.1. The second-order valence-corrected chi connectivity index (χ2v) is 6.88. The van der Waals surface area contributed by atoms with Crippen LogP contribution in [0.15, 0.2) is 45.9 Å². The first-order valence-electron chi connectivity index (χ1n) is 7.60. The number of halogens is 1. The van der Waals surface area contributed by atoms with Gasteiger partial charge in [-0.2, -0.15) is 0 Å². The molecule has 4 nitrogen and oxygen atoms in total. The molecule has 0 unspecified atom stereocenters. The molecule has 3 N–H and O–H groups in total. The topological polar surface area (TPSA) is 68.3 Å². The quantitative estimate of drug-likeness (QED) is 0.834. The molecule has 1 heterocycles. The summed E-state index contributed by atoms with van der Waals surface area (Å²) in [4.78, 5) is 13.4. The van der Waals surface area contributed by atoms with Gasteiger partial charge in [-0.05, 0) is 43.2 Å². The predicted molar refractivity (Wildman–Crippen MR) is 96.4 cm³/mol. The Morgan fingerprint density at radius 2 is 1.96 bits per heavy atom. The van der Waals surface area contributed by atoms with Gasteiger partial charge in [0.1, 0.15) is 12.0 Å². The monoisotopic (exact) mass is 352 g/mol. The fourth-order valence-corrected chi connectivity index (χ4v) is 3.87. The van der Waals surface area contributed by atoms with E-state index < -0.39 is 0 Å². The molecular formula is C17H21ClN2O2S. The van der Waals surface area contributed by atoms with Gasteiger partial charge in [0.15, 0.2) is 0 Å². The van der Waals surface area contributed by atoms with Crippen molar-refractivity contribution in [2.24, 2.45) is 5.73 Å². The van der Waals surface area contributed by atoms with E-state index in [-0.39, 0.29) is 18.3 Å². The zero-order valence-corrected chi connectivity index (χ0v) is 14.4. The van der Waals surface area contributed by atoms with Crippen LogP contribution >= 0.6 is 24.2 Å². The van der Waals surface area contributed by atoms with Gasteiger partial charge < -0.3 is 15.5 Å². The van der Waals surface area contributed by atoms with E-state index in [1.807, 2.05) is 23.9 Å². The molecule has 0 saturated heterocycles. The summed E-state index contributed by atoms with van der Waals surface area (Å²) in [6.45, 7) is 0.292. The van der Waals surface area contributed by atoms with E-state index in [1.165, 1.54) is 36.8 Å². The Morgan fingerprint density at radius 1 is 1.26 bits per heavy atom.